The van der Waals surface area contributed by atoms with E-state index in [2.05, 4.69) is 15.6 Å². The van der Waals surface area contributed by atoms with E-state index in [0.717, 1.165) is 0 Å². The molecule has 37 heavy (non-hydrogen) atoms. The number of para-hydroxylation sites is 1. The predicted molar refractivity (Wildman–Crippen MR) is 135 cm³/mol. The van der Waals surface area contributed by atoms with Gasteiger partial charge in [0.1, 0.15) is 6.04 Å². The molecule has 0 saturated heterocycles. The number of hydrogen-bond donors (Lipinski definition) is 2. The molecule has 0 saturated carbocycles. The highest BCUT2D eigenvalue weighted by atomic mass is 19.4. The van der Waals surface area contributed by atoms with Gasteiger partial charge in [-0.25, -0.2) is 4.99 Å². The van der Waals surface area contributed by atoms with E-state index < -0.39 is 36.6 Å². The summed E-state index contributed by atoms with van der Waals surface area (Å²) in [4.78, 5) is 44.5. The fourth-order valence-corrected chi connectivity index (χ4v) is 4.01. The molecule has 10 heteroatoms. The SMILES string of the molecule is CC(C)CC(=O)N[C@@H](C)C(=O)NC1N=C(c2ccccc2)c2ccccc2N(CCCC(F)(F)F)C1=O. The molecule has 0 bridgehead atoms. The zero-order valence-corrected chi connectivity index (χ0v) is 21.0. The molecule has 1 heterocycles. The van der Waals surface area contributed by atoms with Crippen LogP contribution < -0.4 is 15.5 Å². The lowest BCUT2D eigenvalue weighted by molar-refractivity contribution is -0.135. The maximum atomic E-state index is 13.6. The van der Waals surface area contributed by atoms with E-state index in [-0.39, 0.29) is 31.2 Å². The minimum Gasteiger partial charge on any atom is -0.345 e. The summed E-state index contributed by atoms with van der Waals surface area (Å²) in [6, 6.07) is 14.9. The highest BCUT2D eigenvalue weighted by molar-refractivity contribution is 6.20. The number of halogens is 3. The Morgan fingerprint density at radius 3 is 2.32 bits per heavy atom. The fraction of sp³-hybridized carbons (Fsp3) is 0.407. The van der Waals surface area contributed by atoms with Crippen LogP contribution in [0.3, 0.4) is 0 Å². The summed E-state index contributed by atoms with van der Waals surface area (Å²) in [5.41, 5.74) is 2.07. The molecular formula is C27H31F3N4O3. The maximum absolute atomic E-state index is 13.6. The Kier molecular flexibility index (Phi) is 9.07. The molecule has 0 radical (unpaired) electrons. The monoisotopic (exact) mass is 516 g/mol. The van der Waals surface area contributed by atoms with Crippen LogP contribution >= 0.6 is 0 Å². The average molecular weight is 517 g/mol. The van der Waals surface area contributed by atoms with Gasteiger partial charge in [-0.3, -0.25) is 14.4 Å². The van der Waals surface area contributed by atoms with E-state index in [4.69, 9.17) is 0 Å². The number of rotatable bonds is 9. The molecule has 3 amide bonds. The van der Waals surface area contributed by atoms with Gasteiger partial charge in [-0.05, 0) is 25.3 Å². The number of carbonyl (C=O) groups excluding carboxylic acids is 3. The van der Waals surface area contributed by atoms with Gasteiger partial charge in [-0.15, -0.1) is 0 Å². The van der Waals surface area contributed by atoms with Crippen LogP contribution in [0, 0.1) is 5.92 Å². The van der Waals surface area contributed by atoms with Crippen LogP contribution in [0.2, 0.25) is 0 Å². The number of aliphatic imine (C=N–C) groups is 1. The molecule has 1 aliphatic rings. The van der Waals surface area contributed by atoms with Crippen molar-refractivity contribution >= 4 is 29.1 Å². The lowest BCUT2D eigenvalue weighted by atomic mass is 10.00. The number of amides is 3. The van der Waals surface area contributed by atoms with Crippen molar-refractivity contribution in [2.75, 3.05) is 11.4 Å². The third-order valence-corrected chi connectivity index (χ3v) is 5.74. The fourth-order valence-electron chi connectivity index (χ4n) is 4.01. The van der Waals surface area contributed by atoms with Crippen molar-refractivity contribution in [3.63, 3.8) is 0 Å². The Balaban J connectivity index is 1.96. The maximum Gasteiger partial charge on any atom is 0.389 e. The minimum atomic E-state index is -4.36. The second kappa shape index (κ2) is 12.0. The molecule has 198 valence electrons. The van der Waals surface area contributed by atoms with Crippen molar-refractivity contribution in [1.82, 2.24) is 10.6 Å². The summed E-state index contributed by atoms with van der Waals surface area (Å²) in [5, 5.41) is 5.19. The van der Waals surface area contributed by atoms with Gasteiger partial charge < -0.3 is 15.5 Å². The number of carbonyl (C=O) groups is 3. The molecule has 0 spiro atoms. The van der Waals surface area contributed by atoms with Crippen molar-refractivity contribution in [3.8, 4) is 0 Å². The zero-order valence-electron chi connectivity index (χ0n) is 21.0. The van der Waals surface area contributed by atoms with E-state index >= 15 is 0 Å². The summed E-state index contributed by atoms with van der Waals surface area (Å²) in [6.07, 6.45) is -6.89. The standard InChI is InChI=1S/C27H31F3N4O3/c1-17(2)16-22(35)31-18(3)25(36)33-24-26(37)34(15-9-14-27(28,29)30)21-13-8-7-12-20(21)23(32-24)19-10-5-4-6-11-19/h4-8,10-13,17-18,24H,9,14-16H2,1-3H3,(H,31,35)(H,33,36)/t18-,24?/m0/s1. The van der Waals surface area contributed by atoms with Crippen LogP contribution in [0.15, 0.2) is 59.6 Å². The first-order valence-electron chi connectivity index (χ1n) is 12.2. The smallest absolute Gasteiger partial charge is 0.345 e. The molecule has 1 unspecified atom stereocenters. The quantitative estimate of drug-likeness (QED) is 0.523. The highest BCUT2D eigenvalue weighted by Gasteiger charge is 2.35. The molecular weight excluding hydrogens is 485 g/mol. The summed E-state index contributed by atoms with van der Waals surface area (Å²) >= 11 is 0. The minimum absolute atomic E-state index is 0.0977. The van der Waals surface area contributed by atoms with Gasteiger partial charge in [0.15, 0.2) is 0 Å². The number of benzene rings is 2. The third kappa shape index (κ3) is 7.65. The van der Waals surface area contributed by atoms with Crippen LogP contribution in [-0.2, 0) is 14.4 Å². The number of fused-ring (bicyclic) bond motifs is 1. The van der Waals surface area contributed by atoms with Crippen LogP contribution in [0.5, 0.6) is 0 Å². The van der Waals surface area contributed by atoms with Gasteiger partial charge in [-0.2, -0.15) is 13.2 Å². The average Bonchev–Trinajstić information content (AvgIpc) is 2.93. The molecule has 7 nitrogen and oxygen atoms in total. The van der Waals surface area contributed by atoms with Gasteiger partial charge in [-0.1, -0.05) is 62.4 Å². The number of nitrogens with one attached hydrogen (secondary N) is 2. The zero-order chi connectivity index (χ0) is 27.2. The summed E-state index contributed by atoms with van der Waals surface area (Å²) in [7, 11) is 0. The van der Waals surface area contributed by atoms with Gasteiger partial charge in [0.05, 0.1) is 11.4 Å². The topological polar surface area (TPSA) is 90.9 Å². The number of hydrogen-bond acceptors (Lipinski definition) is 4. The van der Waals surface area contributed by atoms with Gasteiger partial charge in [0.2, 0.25) is 18.0 Å². The molecule has 2 aromatic rings. The third-order valence-electron chi connectivity index (χ3n) is 5.74. The van der Waals surface area contributed by atoms with Crippen molar-refractivity contribution in [2.24, 2.45) is 10.9 Å². The van der Waals surface area contributed by atoms with Crippen molar-refractivity contribution in [3.05, 3.63) is 65.7 Å². The van der Waals surface area contributed by atoms with Crippen LogP contribution in [0.1, 0.15) is 51.2 Å². The first-order chi connectivity index (χ1) is 17.5. The van der Waals surface area contributed by atoms with Crippen LogP contribution in [-0.4, -0.2) is 48.4 Å². The van der Waals surface area contributed by atoms with Crippen LogP contribution in [0.25, 0.3) is 0 Å². The van der Waals surface area contributed by atoms with E-state index in [9.17, 15) is 27.6 Å². The number of nitrogens with zero attached hydrogens (tertiary/aromatic N) is 2. The number of anilines is 1. The van der Waals surface area contributed by atoms with E-state index in [1.165, 1.54) is 11.8 Å². The van der Waals surface area contributed by atoms with Gasteiger partial charge in [0, 0.05) is 30.5 Å². The molecule has 3 rings (SSSR count). The first-order valence-corrected chi connectivity index (χ1v) is 12.2. The van der Waals surface area contributed by atoms with Crippen molar-refractivity contribution in [2.45, 2.75) is 58.4 Å². The number of benzodiazepines with no additional fused rings is 1. The second-order valence-corrected chi connectivity index (χ2v) is 9.37. The molecule has 0 aliphatic carbocycles. The summed E-state index contributed by atoms with van der Waals surface area (Å²) in [6.45, 7) is 5.03. The van der Waals surface area contributed by atoms with Crippen molar-refractivity contribution < 1.29 is 27.6 Å². The largest absolute Gasteiger partial charge is 0.389 e. The van der Waals surface area contributed by atoms with E-state index in [1.807, 2.05) is 19.9 Å². The highest BCUT2D eigenvalue weighted by Crippen LogP contribution is 2.29. The molecule has 1 aliphatic heterocycles. The number of alkyl halides is 3. The normalized spacial score (nSPS) is 16.5. The van der Waals surface area contributed by atoms with E-state index in [0.29, 0.717) is 22.5 Å². The van der Waals surface area contributed by atoms with Crippen LogP contribution in [0.4, 0.5) is 18.9 Å². The van der Waals surface area contributed by atoms with E-state index in [1.54, 1.807) is 48.5 Å². The first kappa shape index (κ1) is 27.9. The molecule has 0 aromatic heterocycles. The second-order valence-electron chi connectivity index (χ2n) is 9.37. The van der Waals surface area contributed by atoms with Gasteiger partial charge >= 0.3 is 6.18 Å². The predicted octanol–water partition coefficient (Wildman–Crippen LogP) is 4.21. The molecule has 2 atom stereocenters. The Labute approximate surface area is 214 Å². The Morgan fingerprint density at radius 2 is 1.68 bits per heavy atom. The lowest BCUT2D eigenvalue weighted by Gasteiger charge is -2.26. The lowest BCUT2D eigenvalue weighted by Crippen LogP contribution is -2.53. The molecule has 0 fully saturated rings. The Hall–Kier alpha value is -3.69. The summed E-state index contributed by atoms with van der Waals surface area (Å²) in [5.74, 6) is -1.50. The molecule has 2 aromatic carbocycles. The summed E-state index contributed by atoms with van der Waals surface area (Å²) < 4.78 is 38.6. The Morgan fingerprint density at radius 1 is 1.03 bits per heavy atom. The van der Waals surface area contributed by atoms with Crippen molar-refractivity contribution in [1.29, 1.82) is 0 Å². The molecule has 2 N–H and O–H groups in total. The van der Waals surface area contributed by atoms with Gasteiger partial charge in [0.25, 0.3) is 5.91 Å². The Bertz CT molecular complexity index is 1150.